The van der Waals surface area contributed by atoms with Crippen LogP contribution in [0.3, 0.4) is 0 Å². The maximum Gasteiger partial charge on any atom is 0.133 e. The number of rotatable bonds is 1. The summed E-state index contributed by atoms with van der Waals surface area (Å²) in [5, 5.41) is 7.19. The highest BCUT2D eigenvalue weighted by Crippen LogP contribution is 2.26. The zero-order valence-corrected chi connectivity index (χ0v) is 8.05. The van der Waals surface area contributed by atoms with Gasteiger partial charge in [0.25, 0.3) is 0 Å². The van der Waals surface area contributed by atoms with Gasteiger partial charge in [-0.1, -0.05) is 0 Å². The lowest BCUT2D eigenvalue weighted by Gasteiger charge is -2.18. The van der Waals surface area contributed by atoms with Crippen molar-refractivity contribution in [3.8, 4) is 0 Å². The number of nitrogens with one attached hydrogen (secondary N) is 1. The van der Waals surface area contributed by atoms with Crippen molar-refractivity contribution in [2.45, 2.75) is 33.1 Å². The van der Waals surface area contributed by atoms with E-state index in [2.05, 4.69) is 10.2 Å². The lowest BCUT2D eigenvalue weighted by molar-refractivity contribution is -0.121. The molecule has 3 nitrogen and oxygen atoms in total. The van der Waals surface area contributed by atoms with Gasteiger partial charge in [-0.15, -0.1) is 0 Å². The van der Waals surface area contributed by atoms with E-state index in [-0.39, 0.29) is 5.92 Å². The molecule has 0 bridgehead atoms. The van der Waals surface area contributed by atoms with Gasteiger partial charge in [-0.25, -0.2) is 0 Å². The molecule has 0 saturated carbocycles. The number of hydrogen-bond donors (Lipinski definition) is 1. The van der Waals surface area contributed by atoms with Gasteiger partial charge in [-0.3, -0.25) is 9.89 Å². The van der Waals surface area contributed by atoms with Crippen LogP contribution in [0, 0.1) is 12.8 Å². The normalized spacial score (nSPS) is 21.2. The van der Waals surface area contributed by atoms with Crippen LogP contribution in [0.2, 0.25) is 0 Å². The standard InChI is InChI=1S/C10H14N2O/c1-6-9-4-3-8(7(2)13)5-10(9)12-11-6/h8H,3-5H2,1-2H3,(H,11,12). The van der Waals surface area contributed by atoms with Gasteiger partial charge in [-0.2, -0.15) is 5.10 Å². The molecule has 1 atom stereocenters. The second-order valence-electron chi connectivity index (χ2n) is 3.82. The number of carbonyl (C=O) groups is 1. The molecule has 0 radical (unpaired) electrons. The number of aromatic amines is 1. The largest absolute Gasteiger partial charge is 0.300 e. The molecule has 0 amide bonds. The van der Waals surface area contributed by atoms with E-state index in [0.717, 1.165) is 30.7 Å². The molecule has 13 heavy (non-hydrogen) atoms. The van der Waals surface area contributed by atoms with E-state index in [4.69, 9.17) is 0 Å². The zero-order chi connectivity index (χ0) is 9.42. The van der Waals surface area contributed by atoms with Crippen LogP contribution in [0.5, 0.6) is 0 Å². The van der Waals surface area contributed by atoms with Crippen LogP contribution in [0.4, 0.5) is 0 Å². The van der Waals surface area contributed by atoms with Gasteiger partial charge < -0.3 is 0 Å². The van der Waals surface area contributed by atoms with Gasteiger partial charge in [0, 0.05) is 18.0 Å². The average molecular weight is 178 g/mol. The quantitative estimate of drug-likeness (QED) is 0.706. The molecule has 0 aliphatic heterocycles. The molecule has 1 N–H and O–H groups in total. The van der Waals surface area contributed by atoms with Crippen molar-refractivity contribution in [1.29, 1.82) is 0 Å². The molecule has 0 saturated heterocycles. The molecule has 1 aliphatic rings. The van der Waals surface area contributed by atoms with Crippen LogP contribution >= 0.6 is 0 Å². The number of hydrogen-bond acceptors (Lipinski definition) is 2. The zero-order valence-electron chi connectivity index (χ0n) is 8.05. The summed E-state index contributed by atoms with van der Waals surface area (Å²) in [7, 11) is 0. The molecule has 70 valence electrons. The van der Waals surface area contributed by atoms with E-state index < -0.39 is 0 Å². The molecule has 2 rings (SSSR count). The van der Waals surface area contributed by atoms with E-state index in [0.29, 0.717) is 5.78 Å². The number of fused-ring (bicyclic) bond motifs is 1. The lowest BCUT2D eigenvalue weighted by Crippen LogP contribution is -2.20. The summed E-state index contributed by atoms with van der Waals surface area (Å²) in [6, 6.07) is 0. The predicted molar refractivity (Wildman–Crippen MR) is 49.5 cm³/mol. The van der Waals surface area contributed by atoms with Gasteiger partial charge >= 0.3 is 0 Å². The highest BCUT2D eigenvalue weighted by Gasteiger charge is 2.24. The summed E-state index contributed by atoms with van der Waals surface area (Å²) in [6.07, 6.45) is 2.82. The predicted octanol–water partition coefficient (Wildman–Crippen LogP) is 1.41. The first-order chi connectivity index (χ1) is 6.18. The number of nitrogens with zero attached hydrogens (tertiary/aromatic N) is 1. The Morgan fingerprint density at radius 3 is 3.08 bits per heavy atom. The smallest absolute Gasteiger partial charge is 0.133 e. The van der Waals surface area contributed by atoms with Gasteiger partial charge in [0.05, 0.1) is 5.69 Å². The number of carbonyl (C=O) groups excluding carboxylic acids is 1. The van der Waals surface area contributed by atoms with Crippen molar-refractivity contribution >= 4 is 5.78 Å². The third-order valence-electron chi connectivity index (χ3n) is 2.92. The van der Waals surface area contributed by atoms with E-state index in [1.54, 1.807) is 6.92 Å². The van der Waals surface area contributed by atoms with Crippen molar-refractivity contribution in [1.82, 2.24) is 10.2 Å². The summed E-state index contributed by atoms with van der Waals surface area (Å²) in [5.74, 6) is 0.501. The maximum absolute atomic E-state index is 11.2. The topological polar surface area (TPSA) is 45.8 Å². The molecular weight excluding hydrogens is 164 g/mol. The first-order valence-corrected chi connectivity index (χ1v) is 4.71. The highest BCUT2D eigenvalue weighted by molar-refractivity contribution is 5.78. The summed E-state index contributed by atoms with van der Waals surface area (Å²) < 4.78 is 0. The van der Waals surface area contributed by atoms with Crippen molar-refractivity contribution < 1.29 is 4.79 Å². The van der Waals surface area contributed by atoms with Crippen molar-refractivity contribution in [3.05, 3.63) is 17.0 Å². The maximum atomic E-state index is 11.2. The number of aryl methyl sites for hydroxylation is 1. The molecule has 1 aliphatic carbocycles. The van der Waals surface area contributed by atoms with Gasteiger partial charge in [0.1, 0.15) is 5.78 Å². The van der Waals surface area contributed by atoms with E-state index >= 15 is 0 Å². The summed E-state index contributed by atoms with van der Waals surface area (Å²) in [6.45, 7) is 3.72. The first-order valence-electron chi connectivity index (χ1n) is 4.71. The number of ketones is 1. The van der Waals surface area contributed by atoms with Crippen LogP contribution in [0.1, 0.15) is 30.3 Å². The Labute approximate surface area is 77.5 Å². The molecule has 1 aromatic rings. The van der Waals surface area contributed by atoms with Crippen molar-refractivity contribution in [3.63, 3.8) is 0 Å². The molecule has 0 spiro atoms. The van der Waals surface area contributed by atoms with Crippen LogP contribution in [-0.4, -0.2) is 16.0 Å². The second kappa shape index (κ2) is 2.98. The minimum Gasteiger partial charge on any atom is -0.300 e. The van der Waals surface area contributed by atoms with Crippen LogP contribution in [-0.2, 0) is 17.6 Å². The number of aromatic nitrogens is 2. The average Bonchev–Trinajstić information content (AvgIpc) is 2.47. The molecule has 3 heteroatoms. The third-order valence-corrected chi connectivity index (χ3v) is 2.92. The van der Waals surface area contributed by atoms with Gasteiger partial charge in [0.2, 0.25) is 0 Å². The fourth-order valence-electron chi connectivity index (χ4n) is 2.00. The SMILES string of the molecule is CC(=O)C1CCc2c(n[nH]c2C)C1. The fraction of sp³-hybridized carbons (Fsp3) is 0.600. The van der Waals surface area contributed by atoms with Crippen LogP contribution in [0.15, 0.2) is 0 Å². The molecule has 1 heterocycles. The third kappa shape index (κ3) is 1.39. The van der Waals surface area contributed by atoms with Crippen molar-refractivity contribution in [2.75, 3.05) is 0 Å². The lowest BCUT2D eigenvalue weighted by atomic mass is 9.85. The fourth-order valence-corrected chi connectivity index (χ4v) is 2.00. The van der Waals surface area contributed by atoms with E-state index in [9.17, 15) is 4.79 Å². The second-order valence-corrected chi connectivity index (χ2v) is 3.82. The van der Waals surface area contributed by atoms with E-state index in [1.807, 2.05) is 6.92 Å². The minimum atomic E-state index is 0.204. The molecule has 0 fully saturated rings. The Balaban J connectivity index is 2.25. The minimum absolute atomic E-state index is 0.204. The van der Waals surface area contributed by atoms with Gasteiger partial charge in [0.15, 0.2) is 0 Å². The molecule has 0 aromatic carbocycles. The van der Waals surface area contributed by atoms with Crippen LogP contribution in [0.25, 0.3) is 0 Å². The summed E-state index contributed by atoms with van der Waals surface area (Å²) >= 11 is 0. The van der Waals surface area contributed by atoms with E-state index in [1.165, 1.54) is 5.56 Å². The summed E-state index contributed by atoms with van der Waals surface area (Å²) in [4.78, 5) is 11.2. The Bertz CT molecular complexity index is 341. The Hall–Kier alpha value is -1.12. The Morgan fingerprint density at radius 2 is 2.38 bits per heavy atom. The monoisotopic (exact) mass is 178 g/mol. The molecule has 1 aromatic heterocycles. The highest BCUT2D eigenvalue weighted by atomic mass is 16.1. The molecular formula is C10H14N2O. The van der Waals surface area contributed by atoms with Crippen molar-refractivity contribution in [2.24, 2.45) is 5.92 Å². The summed E-state index contributed by atoms with van der Waals surface area (Å²) in [5.41, 5.74) is 3.60. The molecule has 1 unspecified atom stereocenters. The Kier molecular flexibility index (Phi) is 1.94. The van der Waals surface area contributed by atoms with Gasteiger partial charge in [-0.05, 0) is 32.3 Å². The number of H-pyrrole nitrogens is 1. The Morgan fingerprint density at radius 1 is 1.62 bits per heavy atom. The number of Topliss-reactive ketones (excluding diaryl/α,β-unsaturated/α-hetero) is 1. The first kappa shape index (κ1) is 8.48. The van der Waals surface area contributed by atoms with Crippen LogP contribution < -0.4 is 0 Å².